The van der Waals surface area contributed by atoms with Crippen molar-refractivity contribution in [3.8, 4) is 0 Å². The Morgan fingerprint density at radius 1 is 1.50 bits per heavy atom. The van der Waals surface area contributed by atoms with E-state index in [0.29, 0.717) is 11.1 Å². The van der Waals surface area contributed by atoms with Gasteiger partial charge >= 0.3 is 0 Å². The predicted octanol–water partition coefficient (Wildman–Crippen LogP) is 4.12. The van der Waals surface area contributed by atoms with E-state index in [-0.39, 0.29) is 0 Å². The van der Waals surface area contributed by atoms with Crippen LogP contribution in [-0.4, -0.2) is 17.6 Å². The first-order chi connectivity index (χ1) is 7.59. The summed E-state index contributed by atoms with van der Waals surface area (Å²) in [6, 6.07) is 2.45. The summed E-state index contributed by atoms with van der Waals surface area (Å²) < 4.78 is 0.987. The molecular weight excluding hydrogens is 288 g/mol. The van der Waals surface area contributed by atoms with Crippen molar-refractivity contribution in [3.63, 3.8) is 0 Å². The predicted molar refractivity (Wildman–Crippen MR) is 72.2 cm³/mol. The molecule has 0 bridgehead atoms. The lowest BCUT2D eigenvalue weighted by Gasteiger charge is -2.39. The van der Waals surface area contributed by atoms with E-state index >= 15 is 0 Å². The third-order valence-corrected chi connectivity index (χ3v) is 4.22. The van der Waals surface area contributed by atoms with Crippen molar-refractivity contribution in [1.82, 2.24) is 4.98 Å². The molecule has 1 aromatic heterocycles. The van der Waals surface area contributed by atoms with Crippen molar-refractivity contribution in [2.24, 2.45) is 5.92 Å². The molecule has 1 aromatic rings. The first kappa shape index (κ1) is 12.2. The smallest absolute Gasteiger partial charge is 0.143 e. The highest BCUT2D eigenvalue weighted by atomic mass is 79.9. The molecule has 2 atom stereocenters. The van der Waals surface area contributed by atoms with Gasteiger partial charge in [0.2, 0.25) is 0 Å². The minimum absolute atomic E-state index is 0.540. The zero-order chi connectivity index (χ0) is 11.7. The van der Waals surface area contributed by atoms with Crippen LogP contribution < -0.4 is 4.90 Å². The normalized spacial score (nSPS) is 25.9. The van der Waals surface area contributed by atoms with Crippen LogP contribution in [0.3, 0.4) is 0 Å². The molecule has 2 rings (SSSR count). The van der Waals surface area contributed by atoms with Gasteiger partial charge in [0.15, 0.2) is 0 Å². The lowest BCUT2D eigenvalue weighted by molar-refractivity contribution is 0.361. The van der Waals surface area contributed by atoms with E-state index in [1.54, 1.807) is 6.20 Å². The Bertz CT molecular complexity index is 383. The molecule has 0 saturated carbocycles. The third-order valence-electron chi connectivity index (χ3n) is 3.43. The molecule has 1 saturated heterocycles. The van der Waals surface area contributed by atoms with Crippen molar-refractivity contribution in [3.05, 3.63) is 21.8 Å². The van der Waals surface area contributed by atoms with Crippen LogP contribution in [0.2, 0.25) is 5.02 Å². The Morgan fingerprint density at radius 2 is 2.25 bits per heavy atom. The molecule has 2 heterocycles. The number of pyridine rings is 1. The van der Waals surface area contributed by atoms with Gasteiger partial charge in [0.1, 0.15) is 5.82 Å². The number of hydrogen-bond acceptors (Lipinski definition) is 2. The van der Waals surface area contributed by atoms with Crippen molar-refractivity contribution in [1.29, 1.82) is 0 Å². The number of anilines is 1. The van der Waals surface area contributed by atoms with Crippen molar-refractivity contribution in [2.45, 2.75) is 32.7 Å². The number of piperidine rings is 1. The van der Waals surface area contributed by atoms with Crippen molar-refractivity contribution in [2.75, 3.05) is 11.4 Å². The molecule has 0 spiro atoms. The van der Waals surface area contributed by atoms with Crippen LogP contribution in [0, 0.1) is 5.92 Å². The van der Waals surface area contributed by atoms with Gasteiger partial charge in [-0.2, -0.15) is 0 Å². The quantitative estimate of drug-likeness (QED) is 0.776. The van der Waals surface area contributed by atoms with E-state index < -0.39 is 0 Å². The fourth-order valence-electron chi connectivity index (χ4n) is 2.25. The molecular formula is C12H16BrClN2. The second-order valence-corrected chi connectivity index (χ2v) is 5.80. The second-order valence-electron chi connectivity index (χ2n) is 4.51. The summed E-state index contributed by atoms with van der Waals surface area (Å²) in [5.41, 5.74) is 0. The van der Waals surface area contributed by atoms with Gasteiger partial charge in [-0.1, -0.05) is 18.5 Å². The van der Waals surface area contributed by atoms with Crippen molar-refractivity contribution >= 4 is 33.3 Å². The molecule has 0 aromatic carbocycles. The fraction of sp³-hybridized carbons (Fsp3) is 0.583. The molecule has 2 nitrogen and oxygen atoms in total. The third kappa shape index (κ3) is 2.35. The van der Waals surface area contributed by atoms with Crippen LogP contribution >= 0.6 is 27.5 Å². The Balaban J connectivity index is 2.29. The molecule has 16 heavy (non-hydrogen) atoms. The first-order valence-electron chi connectivity index (χ1n) is 5.67. The van der Waals surface area contributed by atoms with Crippen LogP contribution in [0.1, 0.15) is 26.7 Å². The zero-order valence-corrected chi connectivity index (χ0v) is 11.9. The van der Waals surface area contributed by atoms with Gasteiger partial charge in [-0.05, 0) is 47.7 Å². The summed E-state index contributed by atoms with van der Waals surface area (Å²) in [7, 11) is 0. The maximum absolute atomic E-state index is 5.91. The number of hydrogen-bond donors (Lipinski definition) is 0. The van der Waals surface area contributed by atoms with Gasteiger partial charge in [-0.25, -0.2) is 4.98 Å². The van der Waals surface area contributed by atoms with Gasteiger partial charge in [0, 0.05) is 18.8 Å². The molecule has 1 fully saturated rings. The molecule has 4 heteroatoms. The number of rotatable bonds is 1. The average molecular weight is 304 g/mol. The largest absolute Gasteiger partial charge is 0.353 e. The van der Waals surface area contributed by atoms with Gasteiger partial charge in [-0.15, -0.1) is 0 Å². The highest BCUT2D eigenvalue weighted by molar-refractivity contribution is 9.10. The van der Waals surface area contributed by atoms with Crippen molar-refractivity contribution < 1.29 is 0 Å². The summed E-state index contributed by atoms with van der Waals surface area (Å²) in [5, 5.41) is 0.674. The molecule has 2 unspecified atom stereocenters. The standard InChI is InChI=1S/C12H16BrClN2/c1-8-4-3-5-16(9(8)2)12-11(13)6-10(14)7-15-12/h6-9H,3-5H2,1-2H3. The average Bonchev–Trinajstić information content (AvgIpc) is 2.23. The van der Waals surface area contributed by atoms with Gasteiger partial charge in [0.05, 0.1) is 9.50 Å². The van der Waals surface area contributed by atoms with Crippen LogP contribution in [-0.2, 0) is 0 Å². The maximum atomic E-state index is 5.91. The molecule has 88 valence electrons. The monoisotopic (exact) mass is 302 g/mol. The maximum Gasteiger partial charge on any atom is 0.143 e. The molecule has 1 aliphatic heterocycles. The van der Waals surface area contributed by atoms with E-state index in [0.717, 1.165) is 22.8 Å². The minimum Gasteiger partial charge on any atom is -0.353 e. The molecule has 0 N–H and O–H groups in total. The molecule has 1 aliphatic rings. The van der Waals surface area contributed by atoms with Gasteiger partial charge in [-0.3, -0.25) is 0 Å². The Labute approximate surface area is 110 Å². The van der Waals surface area contributed by atoms with E-state index in [4.69, 9.17) is 11.6 Å². The van der Waals surface area contributed by atoms with Gasteiger partial charge in [0.25, 0.3) is 0 Å². The highest BCUT2D eigenvalue weighted by Gasteiger charge is 2.26. The highest BCUT2D eigenvalue weighted by Crippen LogP contribution is 2.32. The Kier molecular flexibility index (Phi) is 3.75. The van der Waals surface area contributed by atoms with Crippen LogP contribution in [0.15, 0.2) is 16.7 Å². The fourth-order valence-corrected chi connectivity index (χ4v) is 3.12. The number of nitrogens with zero attached hydrogens (tertiary/aromatic N) is 2. The SMILES string of the molecule is CC1CCCN(c2ncc(Cl)cc2Br)C1C. The Hall–Kier alpha value is -0.280. The molecule has 0 aliphatic carbocycles. The van der Waals surface area contributed by atoms with E-state index in [1.807, 2.05) is 6.07 Å². The topological polar surface area (TPSA) is 16.1 Å². The number of halogens is 2. The van der Waals surface area contributed by atoms with Crippen LogP contribution in [0.4, 0.5) is 5.82 Å². The second kappa shape index (κ2) is 4.92. The Morgan fingerprint density at radius 3 is 2.94 bits per heavy atom. The summed E-state index contributed by atoms with van der Waals surface area (Å²) >= 11 is 9.45. The summed E-state index contributed by atoms with van der Waals surface area (Å²) in [6.07, 6.45) is 4.26. The van der Waals surface area contributed by atoms with Crippen LogP contribution in [0.5, 0.6) is 0 Å². The van der Waals surface area contributed by atoms with Gasteiger partial charge < -0.3 is 4.90 Å². The zero-order valence-electron chi connectivity index (χ0n) is 9.58. The molecule has 0 radical (unpaired) electrons. The summed E-state index contributed by atoms with van der Waals surface area (Å²) in [6.45, 7) is 5.66. The summed E-state index contributed by atoms with van der Waals surface area (Å²) in [4.78, 5) is 6.80. The lowest BCUT2D eigenvalue weighted by atomic mass is 9.92. The molecule has 0 amide bonds. The van der Waals surface area contributed by atoms with E-state index in [1.165, 1.54) is 12.8 Å². The van der Waals surface area contributed by atoms with Crippen LogP contribution in [0.25, 0.3) is 0 Å². The lowest BCUT2D eigenvalue weighted by Crippen LogP contribution is -2.43. The minimum atomic E-state index is 0.540. The number of aromatic nitrogens is 1. The van der Waals surface area contributed by atoms with E-state index in [2.05, 4.69) is 39.7 Å². The first-order valence-corrected chi connectivity index (χ1v) is 6.84. The summed E-state index contributed by atoms with van der Waals surface area (Å²) in [5.74, 6) is 1.74. The van der Waals surface area contributed by atoms with E-state index in [9.17, 15) is 0 Å².